The topological polar surface area (TPSA) is 115 Å². The third-order valence-corrected chi connectivity index (χ3v) is 3.96. The lowest BCUT2D eigenvalue weighted by atomic mass is 9.83. The lowest BCUT2D eigenvalue weighted by Gasteiger charge is -2.21. The number of fused-ring (bicyclic) bond motifs is 2. The fourth-order valence-corrected chi connectivity index (χ4v) is 2.70. The molecule has 8 heteroatoms. The molecule has 0 aliphatic heterocycles. The predicted molar refractivity (Wildman–Crippen MR) is 88.9 cm³/mol. The number of rotatable bonds is 6. The van der Waals surface area contributed by atoms with E-state index in [4.69, 9.17) is 14.2 Å². The Morgan fingerprint density at radius 1 is 1.04 bits per heavy atom. The summed E-state index contributed by atoms with van der Waals surface area (Å²) in [6.07, 6.45) is 1.29. The Kier molecular flexibility index (Phi) is 4.88. The van der Waals surface area contributed by atoms with Gasteiger partial charge in [-0.25, -0.2) is 0 Å². The predicted octanol–water partition coefficient (Wildman–Crippen LogP) is 1.58. The molecule has 1 aromatic carbocycles. The average Bonchev–Trinajstić information content (AvgIpc) is 2.61. The van der Waals surface area contributed by atoms with Crippen LogP contribution in [0.1, 0.15) is 37.5 Å². The molecule has 0 bridgehead atoms. The summed E-state index contributed by atoms with van der Waals surface area (Å²) < 4.78 is 15.2. The van der Waals surface area contributed by atoms with Gasteiger partial charge in [-0.2, -0.15) is 0 Å². The Balaban J connectivity index is 1.98. The number of nitrogens with zero attached hydrogens (tertiary/aromatic N) is 1. The van der Waals surface area contributed by atoms with E-state index in [0.717, 1.165) is 6.07 Å². The number of phenols is 2. The summed E-state index contributed by atoms with van der Waals surface area (Å²) in [5.74, 6) is -2.31. The largest absolute Gasteiger partial charge is 0.507 e. The quantitative estimate of drug-likeness (QED) is 0.387. The van der Waals surface area contributed by atoms with Crippen molar-refractivity contribution in [3.63, 3.8) is 0 Å². The van der Waals surface area contributed by atoms with E-state index in [1.165, 1.54) is 19.4 Å². The van der Waals surface area contributed by atoms with Crippen LogP contribution in [0.2, 0.25) is 0 Å². The second kappa shape index (κ2) is 7.11. The second-order valence-corrected chi connectivity index (χ2v) is 5.69. The maximum absolute atomic E-state index is 12.8. The van der Waals surface area contributed by atoms with Crippen molar-refractivity contribution in [1.29, 1.82) is 0 Å². The number of benzene rings is 1. The minimum Gasteiger partial charge on any atom is -0.507 e. The van der Waals surface area contributed by atoms with Crippen molar-refractivity contribution in [1.82, 2.24) is 4.98 Å². The molecule has 26 heavy (non-hydrogen) atoms. The van der Waals surface area contributed by atoms with Crippen molar-refractivity contribution < 1.29 is 34.0 Å². The summed E-state index contributed by atoms with van der Waals surface area (Å²) in [5.41, 5.74) is 0.201. The molecule has 8 nitrogen and oxygen atoms in total. The van der Waals surface area contributed by atoms with E-state index in [9.17, 15) is 19.8 Å². The van der Waals surface area contributed by atoms with Crippen molar-refractivity contribution >= 4 is 11.6 Å². The Bertz CT molecular complexity index is 892. The molecule has 0 saturated heterocycles. The first-order valence-electron chi connectivity index (χ1n) is 7.80. The molecule has 0 amide bonds. The third-order valence-electron chi connectivity index (χ3n) is 3.96. The van der Waals surface area contributed by atoms with Crippen LogP contribution in [0.3, 0.4) is 0 Å². The zero-order valence-corrected chi connectivity index (χ0v) is 14.2. The number of phenolic OH excluding ortho intramolecular Hbond substituents is 2. The molecule has 3 rings (SSSR count). The molecule has 0 atom stereocenters. The van der Waals surface area contributed by atoms with Gasteiger partial charge in [0.05, 0.1) is 29.9 Å². The number of carbonyl (C=O) groups is 2. The minimum atomic E-state index is -0.585. The van der Waals surface area contributed by atoms with Gasteiger partial charge in [-0.1, -0.05) is 0 Å². The summed E-state index contributed by atoms with van der Waals surface area (Å²) in [7, 11) is 1.52. The highest BCUT2D eigenvalue weighted by Crippen LogP contribution is 2.43. The second-order valence-electron chi connectivity index (χ2n) is 5.69. The maximum Gasteiger partial charge on any atom is 0.199 e. The molecule has 0 fully saturated rings. The fourth-order valence-electron chi connectivity index (χ4n) is 2.70. The molecule has 1 aromatic heterocycles. The van der Waals surface area contributed by atoms with Crippen molar-refractivity contribution in [3.8, 4) is 17.2 Å². The summed E-state index contributed by atoms with van der Waals surface area (Å²) in [6, 6.07) is 2.54. The van der Waals surface area contributed by atoms with Crippen molar-refractivity contribution in [2.45, 2.75) is 6.92 Å². The van der Waals surface area contributed by atoms with Crippen LogP contribution >= 0.6 is 0 Å². The van der Waals surface area contributed by atoms with Crippen LogP contribution in [0.25, 0.3) is 0 Å². The number of carbonyl (C=O) groups excluding carboxylic acids is 2. The summed E-state index contributed by atoms with van der Waals surface area (Å²) >= 11 is 0. The van der Waals surface area contributed by atoms with E-state index in [1.807, 2.05) is 0 Å². The first kappa shape index (κ1) is 17.8. The Morgan fingerprint density at radius 3 is 2.50 bits per heavy atom. The number of hydrogen-bond donors (Lipinski definition) is 2. The van der Waals surface area contributed by atoms with E-state index in [1.54, 1.807) is 6.92 Å². The zero-order valence-electron chi connectivity index (χ0n) is 14.2. The Labute approximate surface area is 149 Å². The fraction of sp³-hybridized carbons (Fsp3) is 0.278. The number of aromatic nitrogens is 1. The number of hydrogen-bond acceptors (Lipinski definition) is 8. The van der Waals surface area contributed by atoms with Gasteiger partial charge in [0.1, 0.15) is 5.75 Å². The van der Waals surface area contributed by atoms with Crippen LogP contribution in [0.15, 0.2) is 18.3 Å². The molecule has 0 saturated carbocycles. The lowest BCUT2D eigenvalue weighted by Crippen LogP contribution is -2.22. The van der Waals surface area contributed by atoms with Gasteiger partial charge in [0.15, 0.2) is 29.9 Å². The van der Waals surface area contributed by atoms with Crippen LogP contribution in [0.5, 0.6) is 17.2 Å². The van der Waals surface area contributed by atoms with Crippen LogP contribution in [-0.2, 0) is 9.47 Å². The molecular formula is C18H17NO7. The zero-order chi connectivity index (χ0) is 18.8. The van der Waals surface area contributed by atoms with Gasteiger partial charge >= 0.3 is 0 Å². The molecule has 0 radical (unpaired) electrons. The van der Waals surface area contributed by atoms with Gasteiger partial charge in [-0.05, 0) is 13.0 Å². The first-order valence-corrected chi connectivity index (χ1v) is 7.80. The van der Waals surface area contributed by atoms with E-state index >= 15 is 0 Å². The van der Waals surface area contributed by atoms with E-state index in [2.05, 4.69) is 4.98 Å². The summed E-state index contributed by atoms with van der Waals surface area (Å²) in [6.45, 7) is 2.09. The van der Waals surface area contributed by atoms with Gasteiger partial charge in [0.25, 0.3) is 0 Å². The molecular weight excluding hydrogens is 342 g/mol. The molecule has 0 unspecified atom stereocenters. The van der Waals surface area contributed by atoms with E-state index in [0.29, 0.717) is 12.3 Å². The van der Waals surface area contributed by atoms with Crippen LogP contribution in [-0.4, -0.2) is 53.9 Å². The lowest BCUT2D eigenvalue weighted by molar-refractivity contribution is -0.00957. The van der Waals surface area contributed by atoms with Crippen LogP contribution < -0.4 is 4.74 Å². The highest BCUT2D eigenvalue weighted by atomic mass is 16.7. The van der Waals surface area contributed by atoms with Crippen LogP contribution in [0, 0.1) is 6.92 Å². The first-order chi connectivity index (χ1) is 12.5. The normalized spacial score (nSPS) is 12.7. The van der Waals surface area contributed by atoms with Crippen LogP contribution in [0.4, 0.5) is 0 Å². The highest BCUT2D eigenvalue weighted by molar-refractivity contribution is 6.30. The SMILES string of the molecule is COCCOCOc1cc(O)c2c(c1O)C(=O)c1cc(C)ncc1C2=O. The molecule has 1 aliphatic rings. The highest BCUT2D eigenvalue weighted by Gasteiger charge is 2.36. The van der Waals surface area contributed by atoms with E-state index in [-0.39, 0.29) is 41.4 Å². The number of methoxy groups -OCH3 is 1. The number of aromatic hydroxyl groups is 2. The molecule has 136 valence electrons. The van der Waals surface area contributed by atoms with Gasteiger partial charge in [-0.15, -0.1) is 0 Å². The van der Waals surface area contributed by atoms with Gasteiger partial charge < -0.3 is 24.4 Å². The summed E-state index contributed by atoms with van der Waals surface area (Å²) in [4.78, 5) is 29.4. The van der Waals surface area contributed by atoms with Gasteiger partial charge in [0.2, 0.25) is 0 Å². The summed E-state index contributed by atoms with van der Waals surface area (Å²) in [5, 5.41) is 20.7. The number of pyridine rings is 1. The number of ketones is 2. The van der Waals surface area contributed by atoms with Crippen molar-refractivity contribution in [2.24, 2.45) is 0 Å². The van der Waals surface area contributed by atoms with Gasteiger partial charge in [0, 0.05) is 30.6 Å². The monoisotopic (exact) mass is 359 g/mol. The minimum absolute atomic E-state index is 0.0827. The van der Waals surface area contributed by atoms with Crippen molar-refractivity contribution in [3.05, 3.63) is 46.3 Å². The molecule has 2 aromatic rings. The van der Waals surface area contributed by atoms with Gasteiger partial charge in [-0.3, -0.25) is 14.6 Å². The Hall–Kier alpha value is -2.97. The molecule has 1 heterocycles. The third kappa shape index (κ3) is 3.00. The maximum atomic E-state index is 12.8. The average molecular weight is 359 g/mol. The van der Waals surface area contributed by atoms with E-state index < -0.39 is 23.1 Å². The Morgan fingerprint density at radius 2 is 1.77 bits per heavy atom. The molecule has 1 aliphatic carbocycles. The van der Waals surface area contributed by atoms with Crippen molar-refractivity contribution in [2.75, 3.05) is 27.1 Å². The smallest absolute Gasteiger partial charge is 0.199 e. The number of ether oxygens (including phenoxy) is 3. The molecule has 2 N–H and O–H groups in total. The number of aryl methyl sites for hydroxylation is 1. The standard InChI is InChI=1S/C18H17NO7/c1-9-5-10-11(7-19-9)17(22)14-12(20)6-13(18(23)15(14)16(10)21)26-8-25-4-3-24-2/h5-7,20,23H,3-4,8H2,1-2H3. The molecule has 0 spiro atoms.